The Balaban J connectivity index is 1.91. The van der Waals surface area contributed by atoms with Gasteiger partial charge in [0, 0.05) is 30.4 Å². The molecule has 0 bridgehead atoms. The van der Waals surface area contributed by atoms with Gasteiger partial charge in [-0.3, -0.25) is 9.78 Å². The molecule has 0 unspecified atom stereocenters. The van der Waals surface area contributed by atoms with Gasteiger partial charge in [-0.05, 0) is 31.5 Å². The summed E-state index contributed by atoms with van der Waals surface area (Å²) in [5.74, 6) is -0.162. The molecule has 2 heterocycles. The number of anilines is 1. The van der Waals surface area contributed by atoms with Crippen LogP contribution in [0, 0.1) is 0 Å². The summed E-state index contributed by atoms with van der Waals surface area (Å²) < 4.78 is 0. The van der Waals surface area contributed by atoms with Gasteiger partial charge in [0.1, 0.15) is 5.69 Å². The Bertz CT molecular complexity index is 539. The van der Waals surface area contributed by atoms with Crippen LogP contribution in [-0.4, -0.2) is 21.9 Å². The Morgan fingerprint density at radius 2 is 2.11 bits per heavy atom. The molecule has 0 saturated heterocycles. The van der Waals surface area contributed by atoms with Gasteiger partial charge in [0.25, 0.3) is 5.91 Å². The topological polar surface area (TPSA) is 66.9 Å². The highest BCUT2D eigenvalue weighted by Gasteiger charge is 2.10. The second-order valence-corrected chi connectivity index (χ2v) is 5.23. The summed E-state index contributed by atoms with van der Waals surface area (Å²) >= 11 is 1.43. The standard InChI is InChI=1S/C13H16N4OS/c1-9(2)16-13-17-11(8-19-13)12(18)15-7-10-3-5-14-6-4-10/h3-6,8-9H,7H2,1-2H3,(H,15,18)(H,16,17). The first kappa shape index (κ1) is 13.5. The van der Waals surface area contributed by atoms with Crippen LogP contribution in [0.5, 0.6) is 0 Å². The molecule has 100 valence electrons. The van der Waals surface area contributed by atoms with Crippen LogP contribution in [-0.2, 0) is 6.54 Å². The maximum absolute atomic E-state index is 11.9. The van der Waals surface area contributed by atoms with E-state index in [1.165, 1.54) is 11.3 Å². The van der Waals surface area contributed by atoms with Crippen molar-refractivity contribution in [3.05, 3.63) is 41.2 Å². The third-order valence-corrected chi connectivity index (χ3v) is 3.12. The first-order chi connectivity index (χ1) is 9.15. The highest BCUT2D eigenvalue weighted by molar-refractivity contribution is 7.13. The van der Waals surface area contributed by atoms with Crippen LogP contribution < -0.4 is 10.6 Å². The molecule has 2 N–H and O–H groups in total. The van der Waals surface area contributed by atoms with Crippen molar-refractivity contribution in [3.8, 4) is 0 Å². The number of hydrogen-bond acceptors (Lipinski definition) is 5. The molecule has 6 heteroatoms. The molecule has 2 aromatic heterocycles. The Morgan fingerprint density at radius 1 is 1.37 bits per heavy atom. The molecule has 0 spiro atoms. The van der Waals surface area contributed by atoms with Crippen LogP contribution in [0.1, 0.15) is 29.9 Å². The lowest BCUT2D eigenvalue weighted by atomic mass is 10.2. The minimum atomic E-state index is -0.162. The van der Waals surface area contributed by atoms with E-state index in [1.54, 1.807) is 17.8 Å². The molecule has 0 saturated carbocycles. The van der Waals surface area contributed by atoms with Crippen LogP contribution in [0.15, 0.2) is 29.9 Å². The summed E-state index contributed by atoms with van der Waals surface area (Å²) in [6.07, 6.45) is 3.41. The fourth-order valence-electron chi connectivity index (χ4n) is 1.46. The molecule has 0 aliphatic carbocycles. The molecule has 0 atom stereocenters. The van der Waals surface area contributed by atoms with Crippen molar-refractivity contribution in [2.75, 3.05) is 5.32 Å². The molecule has 1 amide bonds. The predicted octanol–water partition coefficient (Wildman–Crippen LogP) is 2.29. The lowest BCUT2D eigenvalue weighted by Gasteiger charge is -2.05. The number of hydrogen-bond donors (Lipinski definition) is 2. The number of carbonyl (C=O) groups excluding carboxylic acids is 1. The number of nitrogens with zero attached hydrogens (tertiary/aromatic N) is 2. The zero-order chi connectivity index (χ0) is 13.7. The predicted molar refractivity (Wildman–Crippen MR) is 76.3 cm³/mol. The lowest BCUT2D eigenvalue weighted by molar-refractivity contribution is 0.0946. The van der Waals surface area contributed by atoms with E-state index in [1.807, 2.05) is 26.0 Å². The van der Waals surface area contributed by atoms with E-state index in [-0.39, 0.29) is 5.91 Å². The van der Waals surface area contributed by atoms with Crippen LogP contribution in [0.4, 0.5) is 5.13 Å². The average Bonchev–Trinajstić information content (AvgIpc) is 2.85. The van der Waals surface area contributed by atoms with E-state index in [4.69, 9.17) is 0 Å². The molecular weight excluding hydrogens is 260 g/mol. The van der Waals surface area contributed by atoms with Crippen molar-refractivity contribution >= 4 is 22.4 Å². The van der Waals surface area contributed by atoms with E-state index in [0.29, 0.717) is 18.3 Å². The summed E-state index contributed by atoms with van der Waals surface area (Å²) in [4.78, 5) is 20.1. The second-order valence-electron chi connectivity index (χ2n) is 4.38. The van der Waals surface area contributed by atoms with Gasteiger partial charge in [0.2, 0.25) is 0 Å². The van der Waals surface area contributed by atoms with Crippen LogP contribution in [0.2, 0.25) is 0 Å². The number of rotatable bonds is 5. The third-order valence-electron chi connectivity index (χ3n) is 2.35. The zero-order valence-electron chi connectivity index (χ0n) is 10.9. The Kier molecular flexibility index (Phi) is 4.46. The van der Waals surface area contributed by atoms with Crippen molar-refractivity contribution in [1.82, 2.24) is 15.3 Å². The lowest BCUT2D eigenvalue weighted by Crippen LogP contribution is -2.23. The van der Waals surface area contributed by atoms with Gasteiger partial charge in [-0.25, -0.2) is 4.98 Å². The highest BCUT2D eigenvalue weighted by Crippen LogP contribution is 2.16. The molecule has 2 aromatic rings. The average molecular weight is 276 g/mol. The molecule has 0 fully saturated rings. The summed E-state index contributed by atoms with van der Waals surface area (Å²) in [5.41, 5.74) is 1.46. The van der Waals surface area contributed by atoms with E-state index < -0.39 is 0 Å². The van der Waals surface area contributed by atoms with E-state index >= 15 is 0 Å². The van der Waals surface area contributed by atoms with E-state index in [0.717, 1.165) is 10.7 Å². The first-order valence-electron chi connectivity index (χ1n) is 6.04. The van der Waals surface area contributed by atoms with Crippen molar-refractivity contribution in [3.63, 3.8) is 0 Å². The Morgan fingerprint density at radius 3 is 2.79 bits per heavy atom. The highest BCUT2D eigenvalue weighted by atomic mass is 32.1. The number of pyridine rings is 1. The molecule has 5 nitrogen and oxygen atoms in total. The smallest absolute Gasteiger partial charge is 0.271 e. The minimum absolute atomic E-state index is 0.162. The van der Waals surface area contributed by atoms with Crippen LogP contribution in [0.3, 0.4) is 0 Å². The fraction of sp³-hybridized carbons (Fsp3) is 0.308. The number of thiazole rings is 1. The summed E-state index contributed by atoms with van der Waals surface area (Å²) in [7, 11) is 0. The zero-order valence-corrected chi connectivity index (χ0v) is 11.7. The largest absolute Gasteiger partial charge is 0.359 e. The quantitative estimate of drug-likeness (QED) is 0.879. The van der Waals surface area contributed by atoms with Gasteiger partial charge in [-0.15, -0.1) is 11.3 Å². The SMILES string of the molecule is CC(C)Nc1nc(C(=O)NCc2ccncc2)cs1. The third kappa shape index (κ3) is 4.03. The van der Waals surface area contributed by atoms with Crippen molar-refractivity contribution in [1.29, 1.82) is 0 Å². The second kappa shape index (κ2) is 6.29. The normalized spacial score (nSPS) is 10.5. The van der Waals surface area contributed by atoms with Gasteiger partial charge in [0.05, 0.1) is 0 Å². The summed E-state index contributed by atoms with van der Waals surface area (Å²) in [6.45, 7) is 4.54. The Labute approximate surface area is 116 Å². The first-order valence-corrected chi connectivity index (χ1v) is 6.92. The van der Waals surface area contributed by atoms with Crippen molar-refractivity contribution < 1.29 is 4.79 Å². The van der Waals surface area contributed by atoms with Crippen LogP contribution in [0.25, 0.3) is 0 Å². The fourth-order valence-corrected chi connectivity index (χ4v) is 2.30. The molecule has 0 aromatic carbocycles. The van der Waals surface area contributed by atoms with Gasteiger partial charge < -0.3 is 10.6 Å². The van der Waals surface area contributed by atoms with Gasteiger partial charge in [-0.1, -0.05) is 0 Å². The maximum Gasteiger partial charge on any atom is 0.271 e. The summed E-state index contributed by atoms with van der Waals surface area (Å²) in [5, 5.41) is 8.53. The molecule has 0 radical (unpaired) electrons. The minimum Gasteiger partial charge on any atom is -0.359 e. The molecule has 19 heavy (non-hydrogen) atoms. The number of nitrogens with one attached hydrogen (secondary N) is 2. The van der Waals surface area contributed by atoms with Crippen molar-refractivity contribution in [2.45, 2.75) is 26.4 Å². The maximum atomic E-state index is 11.9. The van der Waals surface area contributed by atoms with E-state index in [2.05, 4.69) is 20.6 Å². The van der Waals surface area contributed by atoms with Gasteiger partial charge in [-0.2, -0.15) is 0 Å². The molecule has 0 aliphatic rings. The van der Waals surface area contributed by atoms with Gasteiger partial charge >= 0.3 is 0 Å². The number of aromatic nitrogens is 2. The molecule has 0 aliphatic heterocycles. The van der Waals surface area contributed by atoms with Gasteiger partial charge in [0.15, 0.2) is 5.13 Å². The Hall–Kier alpha value is -1.95. The number of carbonyl (C=O) groups is 1. The summed E-state index contributed by atoms with van der Waals surface area (Å²) in [6, 6.07) is 4.04. The van der Waals surface area contributed by atoms with E-state index in [9.17, 15) is 4.79 Å². The molecule has 2 rings (SSSR count). The van der Waals surface area contributed by atoms with Crippen LogP contribution >= 0.6 is 11.3 Å². The van der Waals surface area contributed by atoms with Crippen molar-refractivity contribution in [2.24, 2.45) is 0 Å². The monoisotopic (exact) mass is 276 g/mol. The molecular formula is C13H16N4OS. The number of amides is 1.